The zero-order valence-corrected chi connectivity index (χ0v) is 57.7. The van der Waals surface area contributed by atoms with Gasteiger partial charge in [0.05, 0.1) is 58.0 Å². The third-order valence-electron chi connectivity index (χ3n) is 19.8. The van der Waals surface area contributed by atoms with Crippen molar-refractivity contribution in [3.8, 4) is 0 Å². The predicted octanol–water partition coefficient (Wildman–Crippen LogP) is -17.1. The van der Waals surface area contributed by atoms with E-state index in [1.807, 2.05) is 0 Å². The van der Waals surface area contributed by atoms with Gasteiger partial charge in [0.2, 0.25) is 17.7 Å². The summed E-state index contributed by atoms with van der Waals surface area (Å²) in [4.78, 5) is 39.6. The molecule has 46 nitrogen and oxygen atoms in total. The molecular weight excluding hydrogens is 1450 g/mol. The van der Waals surface area contributed by atoms with Crippen LogP contribution in [-0.4, -0.2) is 451 Å². The summed E-state index contributed by atoms with van der Waals surface area (Å²) in [6.07, 6.45) is -84.0. The number of amides is 3. The highest BCUT2D eigenvalue weighted by Crippen LogP contribution is 2.41. The molecular formula is C60H101N3O43. The predicted molar refractivity (Wildman–Crippen MR) is 328 cm³/mol. The van der Waals surface area contributed by atoms with Gasteiger partial charge in [-0.3, -0.25) is 14.4 Å². The Morgan fingerprint density at radius 3 is 1.06 bits per heavy atom. The van der Waals surface area contributed by atoms with Gasteiger partial charge in [-0.15, -0.1) is 0 Å². The second-order valence-corrected chi connectivity index (χ2v) is 27.4. The zero-order valence-electron chi connectivity index (χ0n) is 57.7. The maximum Gasteiger partial charge on any atom is 0.217 e. The summed E-state index contributed by atoms with van der Waals surface area (Å²) in [6.45, 7) is 0.0297. The summed E-state index contributed by atoms with van der Waals surface area (Å²) in [5, 5.41) is 263. The Morgan fingerprint density at radius 1 is 0.264 bits per heavy atom. The van der Waals surface area contributed by atoms with Gasteiger partial charge in [-0.05, 0) is 20.8 Å². The summed E-state index contributed by atoms with van der Waals surface area (Å²) in [5.41, 5.74) is 0. The molecule has 614 valence electrons. The SMILES string of the molecule is CC(=O)N[C@H]1[C@H](OC[C@H]2O[C@@H](O[C@H]3[C@H](O[C@@H]4O[C@@H](C)[C@@H](O)[C@@H](O)[C@@H]4O)[C@@H](NC(C)=O)C(O)O[C@@H]3CO)[C@H](O)[C@@H](O[C@@H]3O[C@H](CO)[C@@H](O[C@@H]4O[C@@H](C)[C@@H](O)[C@@H](O)[C@@H]4O)[C@H](O[C@@H]4O[C@H](CO)[C@H](O)[C@H](O)[C@H]4O[C@@H]4O[C@@H](C)[C@@H](O)[C@@H](O)[C@@H]4O)[C@H]3NC(C)=O)[C@H]2O)O[C@H](CO)[C@@H](O[C@@H]2O[C@H](CO)[C@H](O)[C@H](O)[C@H]2O)[C@@H]1O. The molecule has 9 heterocycles. The first-order valence-corrected chi connectivity index (χ1v) is 34.2. The Hall–Kier alpha value is -3.19. The molecule has 0 aromatic rings. The highest BCUT2D eigenvalue weighted by Gasteiger charge is 2.61. The Morgan fingerprint density at radius 2 is 0.585 bits per heavy atom. The highest BCUT2D eigenvalue weighted by molar-refractivity contribution is 5.74. The van der Waals surface area contributed by atoms with Crippen LogP contribution in [0.5, 0.6) is 0 Å². The molecule has 45 atom stereocenters. The summed E-state index contributed by atoms with van der Waals surface area (Å²) in [6, 6.07) is -5.78. The average molecular weight is 1550 g/mol. The number of hydrogen-bond acceptors (Lipinski definition) is 43. The number of aliphatic hydroxyl groups is 23. The summed E-state index contributed by atoms with van der Waals surface area (Å²) >= 11 is 0. The van der Waals surface area contributed by atoms with Gasteiger partial charge in [0.1, 0.15) is 201 Å². The quantitative estimate of drug-likeness (QED) is 0.0404. The molecule has 9 saturated heterocycles. The second-order valence-electron chi connectivity index (χ2n) is 27.4. The highest BCUT2D eigenvalue weighted by atomic mass is 16.8. The Balaban J connectivity index is 1.12. The summed E-state index contributed by atoms with van der Waals surface area (Å²) < 4.78 is 102. The molecule has 0 radical (unpaired) electrons. The number of nitrogens with one attached hydrogen (secondary N) is 3. The lowest BCUT2D eigenvalue weighted by atomic mass is 9.93. The molecule has 1 unspecified atom stereocenters. The van der Waals surface area contributed by atoms with E-state index in [9.17, 15) is 132 Å². The lowest BCUT2D eigenvalue weighted by molar-refractivity contribution is -0.402. The number of aliphatic hydroxyl groups excluding tert-OH is 23. The van der Waals surface area contributed by atoms with Crippen molar-refractivity contribution in [2.24, 2.45) is 0 Å². The smallest absolute Gasteiger partial charge is 0.217 e. The third-order valence-corrected chi connectivity index (χ3v) is 19.8. The number of hydrogen-bond donors (Lipinski definition) is 26. The lowest BCUT2D eigenvalue weighted by Gasteiger charge is -2.52. The topological polar surface area (TPSA) is 710 Å². The van der Waals surface area contributed by atoms with Crippen LogP contribution in [0.4, 0.5) is 0 Å². The van der Waals surface area contributed by atoms with Crippen LogP contribution in [0.3, 0.4) is 0 Å². The minimum absolute atomic E-state index is 0.889. The van der Waals surface area contributed by atoms with Crippen LogP contribution < -0.4 is 16.0 Å². The first-order valence-electron chi connectivity index (χ1n) is 34.2. The standard InChI is InChI=1S/C60H101N3O43/c1-13-28(72)35(79)40(84)55(91-13)101-47-23(11-68)98-54(27(63-18(6)71)49(47)104-60-51(39(83)32(76)20(8-65)96-60)106-57-42(86)37(81)30(74)15(3)93-57)105-50-33(77)24(12-90-53-25(61-16(4)69)34(78)45(21(9-66)97-53)100-58-43(87)38(82)31(75)19(7-64)95-58)99-59(44(50)88)102-46-22(10-67)94-52(89)26(62-17(5)70)48(46)103-56-41(85)36(80)29(73)14(2)92-56/h13-15,19-60,64-68,72-89H,7-12H2,1-6H3,(H,61,69)(H,62,70)(H,63,71)/t13-,14-,15-,19+,20+,21+,22+,23+,24+,25+,26+,27+,28+,29+,30+,31-,32-,33-,34+,35+,36+,37+,38-,39-,40-,41-,42-,43+,44+,45+,46+,47+,48+,49+,50-,51+,52?,53+,54-,55-,56-,57-,58-,59-,60-/m0/s1. The zero-order chi connectivity index (χ0) is 78.1. The van der Waals surface area contributed by atoms with Crippen LogP contribution in [0.15, 0.2) is 0 Å². The van der Waals surface area contributed by atoms with E-state index in [0.29, 0.717) is 0 Å². The van der Waals surface area contributed by atoms with Gasteiger partial charge < -0.3 is 214 Å². The van der Waals surface area contributed by atoms with Crippen molar-refractivity contribution >= 4 is 17.7 Å². The Kier molecular flexibility index (Phi) is 30.4. The Bertz CT molecular complexity index is 2790. The minimum Gasteiger partial charge on any atom is -0.394 e. The van der Waals surface area contributed by atoms with Crippen molar-refractivity contribution in [1.29, 1.82) is 0 Å². The van der Waals surface area contributed by atoms with Crippen molar-refractivity contribution < 1.29 is 212 Å². The molecule has 9 aliphatic heterocycles. The molecule has 106 heavy (non-hydrogen) atoms. The van der Waals surface area contributed by atoms with Crippen LogP contribution in [0.25, 0.3) is 0 Å². The minimum atomic E-state index is -2.55. The van der Waals surface area contributed by atoms with Crippen molar-refractivity contribution in [3.05, 3.63) is 0 Å². The number of carbonyl (C=O) groups is 3. The van der Waals surface area contributed by atoms with Crippen molar-refractivity contribution in [2.45, 2.75) is 318 Å². The van der Waals surface area contributed by atoms with Gasteiger partial charge in [-0.25, -0.2) is 0 Å². The normalized spacial score (nSPS) is 51.1. The van der Waals surface area contributed by atoms with Crippen LogP contribution >= 0.6 is 0 Å². The molecule has 9 rings (SSSR count). The molecule has 26 N–H and O–H groups in total. The molecule has 0 aromatic carbocycles. The van der Waals surface area contributed by atoms with Gasteiger partial charge in [-0.2, -0.15) is 0 Å². The molecule has 9 aliphatic rings. The first-order chi connectivity index (χ1) is 50.0. The van der Waals surface area contributed by atoms with E-state index in [2.05, 4.69) is 16.0 Å². The molecule has 0 aliphatic carbocycles. The average Bonchev–Trinajstić information content (AvgIpc) is 0.736. The van der Waals surface area contributed by atoms with E-state index in [1.165, 1.54) is 20.8 Å². The molecule has 0 bridgehead atoms. The van der Waals surface area contributed by atoms with Gasteiger partial charge in [-0.1, -0.05) is 0 Å². The molecule has 9 fully saturated rings. The van der Waals surface area contributed by atoms with E-state index in [4.69, 9.17) is 80.5 Å². The summed E-state index contributed by atoms with van der Waals surface area (Å²) in [5.74, 6) is -2.82. The largest absolute Gasteiger partial charge is 0.394 e. The van der Waals surface area contributed by atoms with Crippen LogP contribution in [-0.2, 0) is 94.9 Å². The summed E-state index contributed by atoms with van der Waals surface area (Å²) in [7, 11) is 0. The van der Waals surface area contributed by atoms with Crippen LogP contribution in [0, 0.1) is 0 Å². The van der Waals surface area contributed by atoms with Crippen molar-refractivity contribution in [1.82, 2.24) is 16.0 Å². The van der Waals surface area contributed by atoms with Crippen molar-refractivity contribution in [2.75, 3.05) is 39.6 Å². The fraction of sp³-hybridized carbons (Fsp3) is 0.950. The maximum atomic E-state index is 13.7. The lowest BCUT2D eigenvalue weighted by Crippen LogP contribution is -2.72. The molecule has 46 heteroatoms. The molecule has 0 spiro atoms. The molecule has 3 amide bonds. The van der Waals surface area contributed by atoms with E-state index in [1.54, 1.807) is 0 Å². The third kappa shape index (κ3) is 18.7. The fourth-order valence-electron chi connectivity index (χ4n) is 13.9. The van der Waals surface area contributed by atoms with Crippen molar-refractivity contribution in [3.63, 3.8) is 0 Å². The van der Waals surface area contributed by atoms with E-state index in [-0.39, 0.29) is 0 Å². The monoisotopic (exact) mass is 1550 g/mol. The molecule has 0 aromatic heterocycles. The molecule has 0 saturated carbocycles. The number of ether oxygens (including phenoxy) is 17. The van der Waals surface area contributed by atoms with E-state index < -0.39 is 334 Å². The number of rotatable bonds is 25. The van der Waals surface area contributed by atoms with E-state index in [0.717, 1.165) is 20.8 Å². The van der Waals surface area contributed by atoms with Crippen LogP contribution in [0.1, 0.15) is 41.5 Å². The van der Waals surface area contributed by atoms with Crippen LogP contribution in [0.2, 0.25) is 0 Å². The number of carbonyl (C=O) groups excluding carboxylic acids is 3. The van der Waals surface area contributed by atoms with Gasteiger partial charge in [0, 0.05) is 20.8 Å². The second kappa shape index (κ2) is 37.2. The Labute approximate surface area is 602 Å². The van der Waals surface area contributed by atoms with Gasteiger partial charge in [0.15, 0.2) is 56.6 Å². The maximum absolute atomic E-state index is 13.7. The van der Waals surface area contributed by atoms with Gasteiger partial charge in [0.25, 0.3) is 0 Å². The van der Waals surface area contributed by atoms with E-state index >= 15 is 0 Å². The van der Waals surface area contributed by atoms with Gasteiger partial charge >= 0.3 is 0 Å². The first kappa shape index (κ1) is 86.8. The fourth-order valence-corrected chi connectivity index (χ4v) is 13.9.